The quantitative estimate of drug-likeness (QED) is 0.127. The molecule has 1 unspecified atom stereocenters. The molecule has 1 aliphatic carbocycles. The zero-order chi connectivity index (χ0) is 39.0. The lowest BCUT2D eigenvalue weighted by molar-refractivity contribution is -0.144. The second-order valence-corrected chi connectivity index (χ2v) is 19.4. The van der Waals surface area contributed by atoms with E-state index in [0.717, 1.165) is 0 Å². The summed E-state index contributed by atoms with van der Waals surface area (Å²) in [6.45, 7) is 16.7. The maximum Gasteiger partial charge on any atom is 0.315 e. The highest BCUT2D eigenvalue weighted by Crippen LogP contribution is 2.65. The molecule has 13 nitrogen and oxygen atoms in total. The average molecular weight is 784 g/mol. The van der Waals surface area contributed by atoms with Crippen molar-refractivity contribution < 1.29 is 32.4 Å². The molecule has 52 heavy (non-hydrogen) atoms. The number of carbonyl (C=O) groups excluding carboxylic acids is 5. The van der Waals surface area contributed by atoms with Gasteiger partial charge in [0.25, 0.3) is 5.91 Å². The Morgan fingerprint density at radius 1 is 1.02 bits per heavy atom. The Morgan fingerprint density at radius 2 is 1.67 bits per heavy atom. The van der Waals surface area contributed by atoms with Gasteiger partial charge in [0, 0.05) is 44.1 Å². The zero-order valence-electron chi connectivity index (χ0n) is 30.9. The molecule has 0 radical (unpaired) electrons. The maximum absolute atomic E-state index is 14.4. The molecule has 1 saturated heterocycles. The third-order valence-corrected chi connectivity index (χ3v) is 13.0. The number of carbonyl (C=O) groups is 5. The van der Waals surface area contributed by atoms with E-state index in [9.17, 15) is 32.4 Å². The Kier molecular flexibility index (Phi) is 12.5. The van der Waals surface area contributed by atoms with Crippen molar-refractivity contribution in [3.8, 4) is 0 Å². The van der Waals surface area contributed by atoms with Crippen molar-refractivity contribution in [1.29, 1.82) is 0 Å². The Labute approximate surface area is 317 Å². The number of ketones is 1. The number of piperidine rings is 1. The third-order valence-electron chi connectivity index (χ3n) is 10.1. The van der Waals surface area contributed by atoms with E-state index in [1.54, 1.807) is 45.0 Å². The first-order valence-corrected chi connectivity index (χ1v) is 19.8. The molecule has 288 valence electrons. The molecule has 2 heterocycles. The first-order valence-electron chi connectivity index (χ1n) is 17.6. The van der Waals surface area contributed by atoms with E-state index >= 15 is 0 Å². The first kappa shape index (κ1) is 41.6. The van der Waals surface area contributed by atoms with Crippen LogP contribution >= 0.6 is 23.2 Å². The van der Waals surface area contributed by atoms with Crippen LogP contribution < -0.4 is 21.3 Å². The van der Waals surface area contributed by atoms with Crippen LogP contribution in [0.2, 0.25) is 0 Å². The predicted octanol–water partition coefficient (Wildman–Crippen LogP) is 3.50. The maximum atomic E-state index is 14.4. The van der Waals surface area contributed by atoms with Gasteiger partial charge < -0.3 is 26.2 Å². The number of Topliss-reactive ketones (excluding diaryl/α,β-unsaturated/α-hetero) is 1. The van der Waals surface area contributed by atoms with Gasteiger partial charge in [-0.15, -0.1) is 29.8 Å². The molecular formula is C36H52Cl2N6O7S. The molecule has 0 aromatic heterocycles. The highest BCUT2D eigenvalue weighted by atomic mass is 35.5. The molecule has 16 heteroatoms. The minimum atomic E-state index is -3.77. The molecule has 4 rings (SSSR count). The Hall–Kier alpha value is -3.20. The number of urea groups is 1. The fourth-order valence-electron chi connectivity index (χ4n) is 6.83. The normalized spacial score (nSPS) is 23.3. The number of hydrogen-bond acceptors (Lipinski definition) is 7. The van der Waals surface area contributed by atoms with E-state index in [1.807, 2.05) is 27.7 Å². The minimum absolute atomic E-state index is 0.00312. The second kappa shape index (κ2) is 15.6. The summed E-state index contributed by atoms with van der Waals surface area (Å²) in [6, 6.07) is 1.99. The van der Waals surface area contributed by atoms with Gasteiger partial charge in [0.15, 0.2) is 0 Å². The number of amides is 5. The summed E-state index contributed by atoms with van der Waals surface area (Å²) >= 11 is 13.1. The summed E-state index contributed by atoms with van der Waals surface area (Å²) in [5.74, 6) is -3.97. The van der Waals surface area contributed by atoms with Crippen molar-refractivity contribution in [2.24, 2.45) is 22.7 Å². The number of halogens is 2. The zero-order valence-corrected chi connectivity index (χ0v) is 33.3. The van der Waals surface area contributed by atoms with Gasteiger partial charge in [0.2, 0.25) is 27.6 Å². The van der Waals surface area contributed by atoms with Crippen molar-refractivity contribution in [3.05, 3.63) is 42.5 Å². The van der Waals surface area contributed by atoms with E-state index in [1.165, 1.54) is 15.3 Å². The Morgan fingerprint density at radius 3 is 2.25 bits per heavy atom. The van der Waals surface area contributed by atoms with Crippen molar-refractivity contribution >= 4 is 62.8 Å². The minimum Gasteiger partial charge on any atom is -0.346 e. The van der Waals surface area contributed by atoms with E-state index in [4.69, 9.17) is 23.2 Å². The summed E-state index contributed by atoms with van der Waals surface area (Å²) in [5, 5.41) is 10.9. The standard InChI is InChI=1S/C36H52Cl2N6O7S/c1-9-11-15-23(28(45)31(47)39-17-10-2)40-30(46)27-26-22(36(26,37)38)19-44(27)32(48)29(35(6,7)8)42-33(49)41-25(34(3,4)5)20-43-18-21-14-12-13-16-24(21)52(43,50)51/h10,12-14,16,22-23,25-27,29H,2,9,11,15,17-20H2,1,3-8H3,(H,39,47)(H,40,46)(H2,41,42,49)/t22-,23?,25+,26-,27-,29+/m0/s1. The van der Waals surface area contributed by atoms with Crippen LogP contribution in [0.4, 0.5) is 4.79 Å². The molecule has 2 aliphatic heterocycles. The van der Waals surface area contributed by atoms with Gasteiger partial charge >= 0.3 is 6.03 Å². The molecule has 2 fully saturated rings. The highest BCUT2D eigenvalue weighted by molar-refractivity contribution is 7.89. The second-order valence-electron chi connectivity index (χ2n) is 16.0. The number of fused-ring (bicyclic) bond motifs is 2. The number of rotatable bonds is 14. The Bertz CT molecular complexity index is 1690. The fraction of sp³-hybridized carbons (Fsp3) is 0.639. The van der Waals surface area contributed by atoms with Gasteiger partial charge in [-0.3, -0.25) is 19.2 Å². The summed E-state index contributed by atoms with van der Waals surface area (Å²) in [5.41, 5.74) is -0.753. The molecule has 0 bridgehead atoms. The number of benzene rings is 1. The summed E-state index contributed by atoms with van der Waals surface area (Å²) < 4.78 is 26.7. The predicted molar refractivity (Wildman–Crippen MR) is 199 cm³/mol. The van der Waals surface area contributed by atoms with Crippen LogP contribution in [0.5, 0.6) is 0 Å². The van der Waals surface area contributed by atoms with Gasteiger partial charge in [-0.2, -0.15) is 4.31 Å². The molecular weight excluding hydrogens is 731 g/mol. The van der Waals surface area contributed by atoms with E-state index in [0.29, 0.717) is 18.4 Å². The molecule has 0 spiro atoms. The lowest BCUT2D eigenvalue weighted by Crippen LogP contribution is -2.62. The number of unbranched alkanes of at least 4 members (excludes halogenated alkanes) is 1. The molecule has 4 N–H and O–H groups in total. The van der Waals surface area contributed by atoms with Crippen molar-refractivity contribution in [1.82, 2.24) is 30.5 Å². The molecule has 1 aromatic rings. The number of hydrogen-bond donors (Lipinski definition) is 4. The number of sulfonamides is 1. The summed E-state index contributed by atoms with van der Waals surface area (Å²) in [7, 11) is -3.77. The number of alkyl halides is 2. The van der Waals surface area contributed by atoms with Crippen LogP contribution in [0.1, 0.15) is 73.3 Å². The largest absolute Gasteiger partial charge is 0.346 e. The van der Waals surface area contributed by atoms with Crippen LogP contribution in [0.25, 0.3) is 0 Å². The molecule has 3 aliphatic rings. The molecule has 1 aromatic carbocycles. The average Bonchev–Trinajstić information content (AvgIpc) is 3.31. The van der Waals surface area contributed by atoms with Crippen LogP contribution in [-0.2, 0) is 35.7 Å². The third kappa shape index (κ3) is 8.77. The van der Waals surface area contributed by atoms with Gasteiger partial charge in [0.1, 0.15) is 16.4 Å². The van der Waals surface area contributed by atoms with Gasteiger partial charge in [-0.25, -0.2) is 13.2 Å². The fourth-order valence-corrected chi connectivity index (χ4v) is 9.30. The number of nitrogens with zero attached hydrogens (tertiary/aromatic N) is 2. The lowest BCUT2D eigenvalue weighted by Gasteiger charge is -2.38. The van der Waals surface area contributed by atoms with Crippen LogP contribution in [0.15, 0.2) is 41.8 Å². The first-order chi connectivity index (χ1) is 24.1. The highest BCUT2D eigenvalue weighted by Gasteiger charge is 2.74. The van der Waals surface area contributed by atoms with Crippen molar-refractivity contribution in [3.63, 3.8) is 0 Å². The van der Waals surface area contributed by atoms with E-state index in [2.05, 4.69) is 27.8 Å². The molecule has 1 saturated carbocycles. The summed E-state index contributed by atoms with van der Waals surface area (Å²) in [4.78, 5) is 69.3. The number of nitrogens with one attached hydrogen (secondary N) is 4. The van der Waals surface area contributed by atoms with Gasteiger partial charge in [-0.1, -0.05) is 85.6 Å². The summed E-state index contributed by atoms with van der Waals surface area (Å²) in [6.07, 6.45) is 2.89. The Balaban J connectivity index is 1.53. The van der Waals surface area contributed by atoms with Crippen LogP contribution in [0.3, 0.4) is 0 Å². The van der Waals surface area contributed by atoms with Crippen molar-refractivity contribution in [2.75, 3.05) is 19.6 Å². The van der Waals surface area contributed by atoms with Gasteiger partial charge in [-0.05, 0) is 28.9 Å². The van der Waals surface area contributed by atoms with Crippen LogP contribution in [-0.4, -0.2) is 95.3 Å². The smallest absolute Gasteiger partial charge is 0.315 e. The van der Waals surface area contributed by atoms with Crippen LogP contribution in [0, 0.1) is 22.7 Å². The van der Waals surface area contributed by atoms with Gasteiger partial charge in [0.05, 0.1) is 10.9 Å². The lowest BCUT2D eigenvalue weighted by atomic mass is 9.85. The SMILES string of the molecule is C=CCNC(=O)C(=O)C(CCCC)NC(=O)[C@@H]1[C@@H]2[C@H](CN1C(=O)[C@@H](NC(=O)N[C@H](CN1Cc3ccccc3S1(=O)=O)C(C)(C)C)C(C)(C)C)C2(Cl)Cl. The monoisotopic (exact) mass is 782 g/mol. The number of likely N-dealkylation sites (tertiary alicyclic amines) is 1. The topological polar surface area (TPSA) is 174 Å². The molecule has 6 atom stereocenters. The van der Waals surface area contributed by atoms with Crippen molar-refractivity contribution in [2.45, 2.75) is 108 Å². The molecule has 5 amide bonds. The van der Waals surface area contributed by atoms with E-state index < -0.39 is 90.7 Å². The van der Waals surface area contributed by atoms with E-state index in [-0.39, 0.29) is 37.5 Å².